The van der Waals surface area contributed by atoms with Gasteiger partial charge in [-0.05, 0) is 29.3 Å². The first-order chi connectivity index (χ1) is 10.5. The number of ether oxygens (including phenoxy) is 1. The Kier molecular flexibility index (Phi) is 3.96. The van der Waals surface area contributed by atoms with Gasteiger partial charge in [-0.25, -0.2) is 0 Å². The molecule has 0 aliphatic carbocycles. The summed E-state index contributed by atoms with van der Waals surface area (Å²) < 4.78 is 5.48. The lowest BCUT2D eigenvalue weighted by atomic mass is 9.70. The van der Waals surface area contributed by atoms with Gasteiger partial charge in [0.15, 0.2) is 0 Å². The van der Waals surface area contributed by atoms with Crippen molar-refractivity contribution in [2.45, 2.75) is 39.3 Å². The Hall–Kier alpha value is -1.80. The first kappa shape index (κ1) is 15.1. The van der Waals surface area contributed by atoms with Crippen LogP contribution in [0.5, 0.6) is 5.75 Å². The zero-order valence-electron chi connectivity index (χ0n) is 14.0. The molecule has 116 valence electrons. The third-order valence-electron chi connectivity index (χ3n) is 4.80. The molecular formula is C20H26NO+. The minimum atomic E-state index is 0.237. The summed E-state index contributed by atoms with van der Waals surface area (Å²) in [5.41, 5.74) is 4.48. The van der Waals surface area contributed by atoms with Gasteiger partial charge in [-0.1, -0.05) is 51.1 Å². The zero-order valence-corrected chi connectivity index (χ0v) is 14.0. The Morgan fingerprint density at radius 2 is 1.77 bits per heavy atom. The normalized spacial score (nSPS) is 21.3. The van der Waals surface area contributed by atoms with E-state index in [1.54, 1.807) is 7.11 Å². The molecule has 0 bridgehead atoms. The highest BCUT2D eigenvalue weighted by Gasteiger charge is 2.41. The summed E-state index contributed by atoms with van der Waals surface area (Å²) in [7, 11) is 1.75. The molecule has 2 heteroatoms. The van der Waals surface area contributed by atoms with Crippen LogP contribution in [0, 0.1) is 5.41 Å². The van der Waals surface area contributed by atoms with E-state index in [2.05, 4.69) is 74.6 Å². The van der Waals surface area contributed by atoms with Crippen LogP contribution in [0.15, 0.2) is 48.5 Å². The molecule has 0 spiro atoms. The van der Waals surface area contributed by atoms with Crippen LogP contribution in [0.1, 0.15) is 43.4 Å². The summed E-state index contributed by atoms with van der Waals surface area (Å²) in [5, 5.41) is 2.51. The fraction of sp³-hybridized carbons (Fsp3) is 0.400. The number of hydrogen-bond donors (Lipinski definition) is 1. The van der Waals surface area contributed by atoms with Crippen molar-refractivity contribution in [3.8, 4) is 5.75 Å². The SMILES string of the molecule is COc1ccc2c(c1)[C@H](c1ccccc1)[C@@H](C(C)(C)C)[NH2+]C2. The quantitative estimate of drug-likeness (QED) is 0.904. The van der Waals surface area contributed by atoms with Gasteiger partial charge in [0.2, 0.25) is 0 Å². The topological polar surface area (TPSA) is 25.8 Å². The van der Waals surface area contributed by atoms with Crippen molar-refractivity contribution in [2.75, 3.05) is 7.11 Å². The lowest BCUT2D eigenvalue weighted by molar-refractivity contribution is -0.721. The van der Waals surface area contributed by atoms with Gasteiger partial charge >= 0.3 is 0 Å². The molecule has 1 aliphatic rings. The van der Waals surface area contributed by atoms with Crippen molar-refractivity contribution >= 4 is 0 Å². The predicted molar refractivity (Wildman–Crippen MR) is 90.2 cm³/mol. The summed E-state index contributed by atoms with van der Waals surface area (Å²) in [4.78, 5) is 0. The third kappa shape index (κ3) is 2.76. The van der Waals surface area contributed by atoms with Crippen LogP contribution in [-0.2, 0) is 6.54 Å². The molecule has 0 amide bonds. The number of methoxy groups -OCH3 is 1. The van der Waals surface area contributed by atoms with Gasteiger partial charge in [0, 0.05) is 11.0 Å². The van der Waals surface area contributed by atoms with E-state index < -0.39 is 0 Å². The summed E-state index contributed by atoms with van der Waals surface area (Å²) in [6, 6.07) is 17.9. The smallest absolute Gasteiger partial charge is 0.119 e. The molecule has 2 N–H and O–H groups in total. The minimum Gasteiger partial charge on any atom is -0.497 e. The van der Waals surface area contributed by atoms with Crippen LogP contribution in [-0.4, -0.2) is 13.2 Å². The number of fused-ring (bicyclic) bond motifs is 1. The van der Waals surface area contributed by atoms with Crippen LogP contribution in [0.3, 0.4) is 0 Å². The van der Waals surface area contributed by atoms with Gasteiger partial charge in [-0.3, -0.25) is 0 Å². The van der Waals surface area contributed by atoms with Crippen molar-refractivity contribution in [3.05, 3.63) is 65.2 Å². The van der Waals surface area contributed by atoms with Gasteiger partial charge in [0.25, 0.3) is 0 Å². The van der Waals surface area contributed by atoms with Gasteiger partial charge in [0.1, 0.15) is 18.3 Å². The highest BCUT2D eigenvalue weighted by molar-refractivity contribution is 5.44. The predicted octanol–water partition coefficient (Wildman–Crippen LogP) is 3.32. The van der Waals surface area contributed by atoms with Gasteiger partial charge in [-0.2, -0.15) is 0 Å². The molecule has 2 atom stereocenters. The molecule has 0 aromatic heterocycles. The molecule has 22 heavy (non-hydrogen) atoms. The monoisotopic (exact) mass is 296 g/mol. The highest BCUT2D eigenvalue weighted by atomic mass is 16.5. The number of benzene rings is 2. The van der Waals surface area contributed by atoms with E-state index in [9.17, 15) is 0 Å². The van der Waals surface area contributed by atoms with Crippen LogP contribution in [0.4, 0.5) is 0 Å². The van der Waals surface area contributed by atoms with E-state index in [-0.39, 0.29) is 5.41 Å². The third-order valence-corrected chi connectivity index (χ3v) is 4.80. The second kappa shape index (κ2) is 5.77. The van der Waals surface area contributed by atoms with E-state index in [1.807, 2.05) is 0 Å². The maximum absolute atomic E-state index is 5.48. The van der Waals surface area contributed by atoms with E-state index >= 15 is 0 Å². The molecule has 0 radical (unpaired) electrons. The van der Waals surface area contributed by atoms with Crippen molar-refractivity contribution in [1.82, 2.24) is 0 Å². The van der Waals surface area contributed by atoms with Gasteiger partial charge in [-0.15, -0.1) is 0 Å². The highest BCUT2D eigenvalue weighted by Crippen LogP contribution is 2.39. The fourth-order valence-corrected chi connectivity index (χ4v) is 3.66. The average Bonchev–Trinajstić information content (AvgIpc) is 2.53. The lowest BCUT2D eigenvalue weighted by Crippen LogP contribution is -2.93. The first-order valence-corrected chi connectivity index (χ1v) is 8.06. The molecule has 1 heterocycles. The maximum atomic E-state index is 5.48. The first-order valence-electron chi connectivity index (χ1n) is 8.06. The van der Waals surface area contributed by atoms with E-state index in [0.717, 1.165) is 12.3 Å². The maximum Gasteiger partial charge on any atom is 0.119 e. The van der Waals surface area contributed by atoms with E-state index in [0.29, 0.717) is 12.0 Å². The number of hydrogen-bond acceptors (Lipinski definition) is 1. The summed E-state index contributed by atoms with van der Waals surface area (Å²) in [5.74, 6) is 1.36. The van der Waals surface area contributed by atoms with Crippen molar-refractivity contribution in [1.29, 1.82) is 0 Å². The van der Waals surface area contributed by atoms with E-state index in [1.165, 1.54) is 16.7 Å². The van der Waals surface area contributed by atoms with Crippen molar-refractivity contribution in [3.63, 3.8) is 0 Å². The summed E-state index contributed by atoms with van der Waals surface area (Å²) in [6.07, 6.45) is 0. The number of nitrogens with two attached hydrogens (primary N) is 1. The minimum absolute atomic E-state index is 0.237. The van der Waals surface area contributed by atoms with Gasteiger partial charge in [0.05, 0.1) is 13.0 Å². The molecule has 2 nitrogen and oxygen atoms in total. The molecule has 2 aromatic carbocycles. The second-order valence-corrected chi connectivity index (χ2v) is 7.28. The lowest BCUT2D eigenvalue weighted by Gasteiger charge is -2.39. The molecule has 0 unspecified atom stereocenters. The molecule has 0 saturated heterocycles. The van der Waals surface area contributed by atoms with Crippen LogP contribution in [0.2, 0.25) is 0 Å². The molecule has 3 rings (SSSR count). The molecule has 0 fully saturated rings. The fourth-order valence-electron chi connectivity index (χ4n) is 3.66. The largest absolute Gasteiger partial charge is 0.497 e. The van der Waals surface area contributed by atoms with Crippen LogP contribution >= 0.6 is 0 Å². The van der Waals surface area contributed by atoms with Crippen LogP contribution < -0.4 is 10.1 Å². The molecule has 2 aromatic rings. The number of rotatable bonds is 2. The number of quaternary nitrogens is 1. The van der Waals surface area contributed by atoms with Crippen LogP contribution in [0.25, 0.3) is 0 Å². The standard InChI is InChI=1S/C20H25NO/c1-20(2,3)19-18(14-8-6-5-7-9-14)17-12-16(22-4)11-10-15(17)13-21-19/h5-12,18-19,21H,13H2,1-4H3/p+1/t18-,19-/m0/s1. The summed E-state index contributed by atoms with van der Waals surface area (Å²) in [6.45, 7) is 8.07. The van der Waals surface area contributed by atoms with E-state index in [4.69, 9.17) is 4.74 Å². The Balaban J connectivity index is 2.15. The Bertz CT molecular complexity index is 643. The average molecular weight is 296 g/mol. The van der Waals surface area contributed by atoms with Crippen molar-refractivity contribution < 1.29 is 10.1 Å². The zero-order chi connectivity index (χ0) is 15.7. The molecule has 1 aliphatic heterocycles. The molecular weight excluding hydrogens is 270 g/mol. The Morgan fingerprint density at radius 3 is 2.41 bits per heavy atom. The summed E-state index contributed by atoms with van der Waals surface area (Å²) >= 11 is 0. The van der Waals surface area contributed by atoms with Gasteiger partial charge < -0.3 is 10.1 Å². The second-order valence-electron chi connectivity index (χ2n) is 7.28. The Labute approximate surface area is 133 Å². The Morgan fingerprint density at radius 1 is 1.05 bits per heavy atom. The van der Waals surface area contributed by atoms with Crippen molar-refractivity contribution in [2.24, 2.45) is 5.41 Å². The molecule has 0 saturated carbocycles.